The SMILES string of the molecule is Cc1ccccc1SCC(=O)NN=Cc1ccc(OCc2ccccn2)cc1. The van der Waals surface area contributed by atoms with Crippen LogP contribution in [0.25, 0.3) is 0 Å². The van der Waals surface area contributed by atoms with Crippen LogP contribution >= 0.6 is 11.8 Å². The Morgan fingerprint density at radius 2 is 1.89 bits per heavy atom. The third-order valence-electron chi connectivity index (χ3n) is 3.85. The standard InChI is InChI=1S/C22H21N3O2S/c1-17-6-2-3-8-21(17)28-16-22(26)25-24-14-18-9-11-20(12-10-18)27-15-19-7-4-5-13-23-19/h2-14H,15-16H2,1H3,(H,25,26). The van der Waals surface area contributed by atoms with Gasteiger partial charge >= 0.3 is 0 Å². The highest BCUT2D eigenvalue weighted by molar-refractivity contribution is 8.00. The summed E-state index contributed by atoms with van der Waals surface area (Å²) >= 11 is 1.50. The van der Waals surface area contributed by atoms with Crippen LogP contribution in [0.2, 0.25) is 0 Å². The number of nitrogens with zero attached hydrogens (tertiary/aromatic N) is 2. The molecular formula is C22H21N3O2S. The quantitative estimate of drug-likeness (QED) is 0.355. The molecule has 1 aromatic heterocycles. The van der Waals surface area contributed by atoms with Crippen LogP contribution in [0, 0.1) is 6.92 Å². The van der Waals surface area contributed by atoms with Crippen LogP contribution in [-0.2, 0) is 11.4 Å². The van der Waals surface area contributed by atoms with Gasteiger partial charge in [-0.05, 0) is 60.5 Å². The van der Waals surface area contributed by atoms with E-state index in [1.54, 1.807) is 12.4 Å². The molecule has 0 atom stereocenters. The number of thioether (sulfide) groups is 1. The zero-order chi connectivity index (χ0) is 19.6. The van der Waals surface area contributed by atoms with Gasteiger partial charge in [0.15, 0.2) is 0 Å². The molecule has 0 aliphatic carbocycles. The van der Waals surface area contributed by atoms with Crippen LogP contribution < -0.4 is 10.2 Å². The van der Waals surface area contributed by atoms with Crippen molar-refractivity contribution in [3.8, 4) is 5.75 Å². The molecule has 0 aliphatic heterocycles. The first-order valence-electron chi connectivity index (χ1n) is 8.84. The summed E-state index contributed by atoms with van der Waals surface area (Å²) in [5.41, 5.74) is 5.46. The van der Waals surface area contributed by atoms with Crippen molar-refractivity contribution in [2.75, 3.05) is 5.75 Å². The fourth-order valence-corrected chi connectivity index (χ4v) is 3.19. The lowest BCUT2D eigenvalue weighted by Crippen LogP contribution is -2.19. The van der Waals surface area contributed by atoms with Crippen molar-refractivity contribution in [3.05, 3.63) is 89.7 Å². The molecule has 6 heteroatoms. The maximum absolute atomic E-state index is 11.9. The molecule has 1 N–H and O–H groups in total. The van der Waals surface area contributed by atoms with E-state index in [1.165, 1.54) is 11.8 Å². The van der Waals surface area contributed by atoms with Gasteiger partial charge < -0.3 is 4.74 Å². The topological polar surface area (TPSA) is 63.6 Å². The van der Waals surface area contributed by atoms with E-state index in [9.17, 15) is 4.79 Å². The highest BCUT2D eigenvalue weighted by Crippen LogP contribution is 2.21. The zero-order valence-electron chi connectivity index (χ0n) is 15.5. The van der Waals surface area contributed by atoms with Gasteiger partial charge in [-0.15, -0.1) is 11.8 Å². The highest BCUT2D eigenvalue weighted by Gasteiger charge is 2.03. The van der Waals surface area contributed by atoms with E-state index in [0.717, 1.165) is 27.5 Å². The number of nitrogens with one attached hydrogen (secondary N) is 1. The second kappa shape index (κ2) is 10.3. The molecule has 5 nitrogen and oxygen atoms in total. The molecule has 0 unspecified atom stereocenters. The lowest BCUT2D eigenvalue weighted by molar-refractivity contribution is -0.118. The summed E-state index contributed by atoms with van der Waals surface area (Å²) in [4.78, 5) is 17.2. The largest absolute Gasteiger partial charge is 0.487 e. The number of ether oxygens (including phenoxy) is 1. The fraction of sp³-hybridized carbons (Fsp3) is 0.136. The molecule has 1 heterocycles. The summed E-state index contributed by atoms with van der Waals surface area (Å²) in [6.45, 7) is 2.45. The Morgan fingerprint density at radius 1 is 1.11 bits per heavy atom. The summed E-state index contributed by atoms with van der Waals surface area (Å²) < 4.78 is 5.69. The fourth-order valence-electron chi connectivity index (χ4n) is 2.36. The first-order valence-corrected chi connectivity index (χ1v) is 9.82. The maximum Gasteiger partial charge on any atom is 0.250 e. The van der Waals surface area contributed by atoms with Gasteiger partial charge in [-0.3, -0.25) is 9.78 Å². The van der Waals surface area contributed by atoms with Crippen molar-refractivity contribution >= 4 is 23.9 Å². The highest BCUT2D eigenvalue weighted by atomic mass is 32.2. The molecular weight excluding hydrogens is 370 g/mol. The van der Waals surface area contributed by atoms with Gasteiger partial charge in [0.05, 0.1) is 17.7 Å². The summed E-state index contributed by atoms with van der Waals surface area (Å²) in [6, 6.07) is 21.2. The smallest absolute Gasteiger partial charge is 0.250 e. The van der Waals surface area contributed by atoms with Crippen LogP contribution in [0.3, 0.4) is 0 Å². The van der Waals surface area contributed by atoms with Crippen LogP contribution in [0.15, 0.2) is 82.9 Å². The Morgan fingerprint density at radius 3 is 2.64 bits per heavy atom. The zero-order valence-corrected chi connectivity index (χ0v) is 16.4. The number of aromatic nitrogens is 1. The molecule has 2 aromatic carbocycles. The third-order valence-corrected chi connectivity index (χ3v) is 5.02. The molecule has 0 aliphatic rings. The van der Waals surface area contributed by atoms with Crippen molar-refractivity contribution < 1.29 is 9.53 Å². The molecule has 0 saturated heterocycles. The van der Waals surface area contributed by atoms with Gasteiger partial charge in [0.25, 0.3) is 0 Å². The monoisotopic (exact) mass is 391 g/mol. The van der Waals surface area contributed by atoms with Crippen LogP contribution in [-0.4, -0.2) is 22.9 Å². The van der Waals surface area contributed by atoms with E-state index in [2.05, 4.69) is 15.5 Å². The molecule has 0 spiro atoms. The van der Waals surface area contributed by atoms with Crippen LogP contribution in [0.4, 0.5) is 0 Å². The van der Waals surface area contributed by atoms with Crippen molar-refractivity contribution in [2.24, 2.45) is 5.10 Å². The number of carbonyl (C=O) groups excluding carboxylic acids is 1. The molecule has 3 aromatic rings. The molecule has 142 valence electrons. The van der Waals surface area contributed by atoms with Gasteiger partial charge in [-0.2, -0.15) is 5.10 Å². The molecule has 28 heavy (non-hydrogen) atoms. The Hall–Kier alpha value is -3.12. The van der Waals surface area contributed by atoms with Crippen LogP contribution in [0.5, 0.6) is 5.75 Å². The van der Waals surface area contributed by atoms with E-state index >= 15 is 0 Å². The summed E-state index contributed by atoms with van der Waals surface area (Å²) in [6.07, 6.45) is 3.35. The van der Waals surface area contributed by atoms with E-state index in [1.807, 2.05) is 73.7 Å². The van der Waals surface area contributed by atoms with E-state index in [4.69, 9.17) is 4.74 Å². The number of aryl methyl sites for hydroxylation is 1. The first-order chi connectivity index (χ1) is 13.7. The average Bonchev–Trinajstić information content (AvgIpc) is 2.73. The molecule has 0 saturated carbocycles. The van der Waals surface area contributed by atoms with Crippen molar-refractivity contribution in [1.29, 1.82) is 0 Å². The Balaban J connectivity index is 1.42. The van der Waals surface area contributed by atoms with E-state index in [0.29, 0.717) is 12.4 Å². The second-order valence-electron chi connectivity index (χ2n) is 6.03. The number of hydrogen-bond donors (Lipinski definition) is 1. The summed E-state index contributed by atoms with van der Waals surface area (Å²) in [7, 11) is 0. The number of amides is 1. The summed E-state index contributed by atoms with van der Waals surface area (Å²) in [5, 5.41) is 4.01. The Labute approximate surface area is 168 Å². The minimum atomic E-state index is -0.139. The normalized spacial score (nSPS) is 10.8. The molecule has 1 amide bonds. The lowest BCUT2D eigenvalue weighted by Gasteiger charge is -2.05. The van der Waals surface area contributed by atoms with Gasteiger partial charge in [-0.25, -0.2) is 5.43 Å². The minimum Gasteiger partial charge on any atom is -0.487 e. The molecule has 3 rings (SSSR count). The Kier molecular flexibility index (Phi) is 7.21. The summed E-state index contributed by atoms with van der Waals surface area (Å²) in [5.74, 6) is 0.934. The molecule has 0 bridgehead atoms. The van der Waals surface area contributed by atoms with E-state index < -0.39 is 0 Å². The number of carbonyl (C=O) groups is 1. The minimum absolute atomic E-state index is 0.139. The average molecular weight is 391 g/mol. The van der Waals surface area contributed by atoms with E-state index in [-0.39, 0.29) is 5.91 Å². The third kappa shape index (κ3) is 6.25. The van der Waals surface area contributed by atoms with Gasteiger partial charge in [0, 0.05) is 11.1 Å². The van der Waals surface area contributed by atoms with Crippen molar-refractivity contribution in [2.45, 2.75) is 18.4 Å². The first kappa shape index (κ1) is 19.6. The number of benzene rings is 2. The van der Waals surface area contributed by atoms with Crippen molar-refractivity contribution in [1.82, 2.24) is 10.4 Å². The lowest BCUT2D eigenvalue weighted by atomic mass is 10.2. The van der Waals surface area contributed by atoms with Gasteiger partial charge in [0.1, 0.15) is 12.4 Å². The number of hydrogen-bond acceptors (Lipinski definition) is 5. The second-order valence-corrected chi connectivity index (χ2v) is 7.04. The maximum atomic E-state index is 11.9. The molecule has 0 fully saturated rings. The van der Waals surface area contributed by atoms with Crippen molar-refractivity contribution in [3.63, 3.8) is 0 Å². The number of hydrazone groups is 1. The van der Waals surface area contributed by atoms with Crippen LogP contribution in [0.1, 0.15) is 16.8 Å². The number of rotatable bonds is 8. The number of pyridine rings is 1. The predicted octanol–water partition coefficient (Wildman–Crippen LogP) is 4.21. The van der Waals surface area contributed by atoms with Gasteiger partial charge in [0.2, 0.25) is 5.91 Å². The Bertz CT molecular complexity index is 928. The predicted molar refractivity (Wildman–Crippen MR) is 113 cm³/mol. The molecule has 0 radical (unpaired) electrons. The van der Waals surface area contributed by atoms with Gasteiger partial charge in [-0.1, -0.05) is 24.3 Å².